The highest BCUT2D eigenvalue weighted by Gasteiger charge is 2.04. The Bertz CT molecular complexity index is 511. The highest BCUT2D eigenvalue weighted by Crippen LogP contribution is 2.24. The molecule has 0 amide bonds. The lowest BCUT2D eigenvalue weighted by Crippen LogP contribution is -1.98. The average Bonchev–Trinajstić information content (AvgIpc) is 2.27. The summed E-state index contributed by atoms with van der Waals surface area (Å²) in [5, 5.41) is 2.94. The minimum absolute atomic E-state index is 0.304. The molecule has 0 radical (unpaired) electrons. The number of nitrogen functional groups attached to an aromatic ring is 1. The summed E-state index contributed by atoms with van der Waals surface area (Å²) >= 11 is 0. The van der Waals surface area contributed by atoms with Crippen molar-refractivity contribution in [3.05, 3.63) is 48.0 Å². The summed E-state index contributed by atoms with van der Waals surface area (Å²) in [6, 6.07) is 6.58. The number of aromatic nitrogens is 1. The maximum Gasteiger partial charge on any atom is 0.146 e. The molecule has 0 bridgehead atoms. The van der Waals surface area contributed by atoms with Crippen molar-refractivity contribution >= 4 is 17.1 Å². The van der Waals surface area contributed by atoms with Crippen LogP contribution in [0.5, 0.6) is 0 Å². The van der Waals surface area contributed by atoms with Crippen molar-refractivity contribution in [3.8, 4) is 0 Å². The molecule has 0 aliphatic heterocycles. The number of nitrogens with zero attached hydrogens (tertiary/aromatic N) is 1. The highest BCUT2D eigenvalue weighted by molar-refractivity contribution is 5.71. The summed E-state index contributed by atoms with van der Waals surface area (Å²) in [5.41, 5.74) is 8.25. The third kappa shape index (κ3) is 2.11. The van der Waals surface area contributed by atoms with Gasteiger partial charge >= 0.3 is 0 Å². The van der Waals surface area contributed by atoms with E-state index in [9.17, 15) is 4.39 Å². The fourth-order valence-electron chi connectivity index (χ4n) is 1.40. The Morgan fingerprint density at radius 3 is 2.81 bits per heavy atom. The van der Waals surface area contributed by atoms with Crippen LogP contribution in [0.2, 0.25) is 0 Å². The molecule has 1 aromatic heterocycles. The second-order valence-corrected chi connectivity index (χ2v) is 3.57. The van der Waals surface area contributed by atoms with E-state index >= 15 is 0 Å². The van der Waals surface area contributed by atoms with Gasteiger partial charge < -0.3 is 11.1 Å². The van der Waals surface area contributed by atoms with Crippen LogP contribution in [0, 0.1) is 12.7 Å². The molecule has 0 saturated carbocycles. The van der Waals surface area contributed by atoms with E-state index in [-0.39, 0.29) is 5.82 Å². The Hall–Kier alpha value is -2.10. The van der Waals surface area contributed by atoms with E-state index in [0.717, 1.165) is 5.56 Å². The summed E-state index contributed by atoms with van der Waals surface area (Å²) in [6.45, 7) is 1.90. The van der Waals surface area contributed by atoms with E-state index < -0.39 is 0 Å². The fourth-order valence-corrected chi connectivity index (χ4v) is 1.40. The van der Waals surface area contributed by atoms with Crippen LogP contribution >= 0.6 is 0 Å². The van der Waals surface area contributed by atoms with Crippen LogP contribution in [-0.2, 0) is 0 Å². The number of nitrogens with two attached hydrogens (primary N) is 1. The third-order valence-electron chi connectivity index (χ3n) is 2.24. The second-order valence-electron chi connectivity index (χ2n) is 3.57. The summed E-state index contributed by atoms with van der Waals surface area (Å²) in [7, 11) is 0. The molecule has 16 heavy (non-hydrogen) atoms. The average molecular weight is 217 g/mol. The zero-order valence-corrected chi connectivity index (χ0v) is 8.87. The van der Waals surface area contributed by atoms with Crippen LogP contribution in [-0.4, -0.2) is 4.98 Å². The van der Waals surface area contributed by atoms with E-state index in [1.54, 1.807) is 24.4 Å². The monoisotopic (exact) mass is 217 g/mol. The van der Waals surface area contributed by atoms with Crippen molar-refractivity contribution in [1.82, 2.24) is 4.98 Å². The van der Waals surface area contributed by atoms with Crippen LogP contribution in [0.25, 0.3) is 0 Å². The smallest absolute Gasteiger partial charge is 0.146 e. The van der Waals surface area contributed by atoms with Crippen molar-refractivity contribution < 1.29 is 4.39 Å². The lowest BCUT2D eigenvalue weighted by atomic mass is 10.2. The standard InChI is InChI=1S/C12H12FN3/c1-8-2-3-9(13)12(6-8)16-11-4-5-15-7-10(11)14/h2-7H,14H2,1H3,(H,15,16). The predicted octanol–water partition coefficient (Wildman–Crippen LogP) is 2.85. The lowest BCUT2D eigenvalue weighted by molar-refractivity contribution is 0.631. The van der Waals surface area contributed by atoms with Gasteiger partial charge in [0.25, 0.3) is 0 Å². The molecule has 0 aliphatic rings. The number of nitrogens with one attached hydrogen (secondary N) is 1. The van der Waals surface area contributed by atoms with Gasteiger partial charge in [-0.2, -0.15) is 0 Å². The van der Waals surface area contributed by atoms with Crippen LogP contribution in [0.4, 0.5) is 21.5 Å². The van der Waals surface area contributed by atoms with Crippen molar-refractivity contribution in [2.75, 3.05) is 11.1 Å². The normalized spacial score (nSPS) is 10.1. The lowest BCUT2D eigenvalue weighted by Gasteiger charge is -2.10. The number of hydrogen-bond acceptors (Lipinski definition) is 3. The van der Waals surface area contributed by atoms with Gasteiger partial charge in [-0.25, -0.2) is 4.39 Å². The molecule has 0 spiro atoms. The van der Waals surface area contributed by atoms with Crippen molar-refractivity contribution in [2.45, 2.75) is 6.92 Å². The topological polar surface area (TPSA) is 50.9 Å². The summed E-state index contributed by atoms with van der Waals surface area (Å²) < 4.78 is 13.5. The van der Waals surface area contributed by atoms with E-state index in [0.29, 0.717) is 17.1 Å². The SMILES string of the molecule is Cc1ccc(F)c(Nc2ccncc2N)c1. The molecule has 0 fully saturated rings. The second kappa shape index (κ2) is 4.18. The van der Waals surface area contributed by atoms with Crippen molar-refractivity contribution in [2.24, 2.45) is 0 Å². The number of halogens is 1. The van der Waals surface area contributed by atoms with Gasteiger partial charge in [-0.05, 0) is 30.7 Å². The fraction of sp³-hybridized carbons (Fsp3) is 0.0833. The Labute approximate surface area is 93.1 Å². The maximum atomic E-state index is 13.5. The number of hydrogen-bond donors (Lipinski definition) is 2. The van der Waals surface area contributed by atoms with E-state index in [4.69, 9.17) is 5.73 Å². The quantitative estimate of drug-likeness (QED) is 0.813. The molecule has 4 heteroatoms. The molecule has 0 unspecified atom stereocenters. The summed E-state index contributed by atoms with van der Waals surface area (Å²) in [6.07, 6.45) is 3.13. The number of anilines is 3. The first kappa shape index (κ1) is 10.4. The number of aryl methyl sites for hydroxylation is 1. The zero-order chi connectivity index (χ0) is 11.5. The molecule has 3 nitrogen and oxygen atoms in total. The van der Waals surface area contributed by atoms with Crippen LogP contribution < -0.4 is 11.1 Å². The largest absolute Gasteiger partial charge is 0.396 e. The van der Waals surface area contributed by atoms with E-state index in [1.807, 2.05) is 6.92 Å². The number of benzene rings is 1. The molecule has 0 aliphatic carbocycles. The van der Waals surface area contributed by atoms with Gasteiger partial charge in [-0.3, -0.25) is 4.98 Å². The van der Waals surface area contributed by atoms with Crippen LogP contribution in [0.1, 0.15) is 5.56 Å². The molecule has 3 N–H and O–H groups in total. The molecular formula is C12H12FN3. The minimum atomic E-state index is -0.304. The molecule has 2 aromatic rings. The molecule has 1 heterocycles. The molecule has 2 rings (SSSR count). The first-order valence-corrected chi connectivity index (χ1v) is 4.89. The molecule has 1 aromatic carbocycles. The van der Waals surface area contributed by atoms with Gasteiger partial charge in [0.05, 0.1) is 23.3 Å². The van der Waals surface area contributed by atoms with Gasteiger partial charge in [0.15, 0.2) is 0 Å². The zero-order valence-electron chi connectivity index (χ0n) is 8.87. The predicted molar refractivity (Wildman–Crippen MR) is 63.1 cm³/mol. The van der Waals surface area contributed by atoms with Crippen LogP contribution in [0.15, 0.2) is 36.7 Å². The van der Waals surface area contributed by atoms with Gasteiger partial charge in [0.2, 0.25) is 0 Å². The third-order valence-corrected chi connectivity index (χ3v) is 2.24. The van der Waals surface area contributed by atoms with Crippen molar-refractivity contribution in [3.63, 3.8) is 0 Å². The van der Waals surface area contributed by atoms with Gasteiger partial charge in [-0.1, -0.05) is 6.07 Å². The molecule has 0 saturated heterocycles. The first-order chi connectivity index (χ1) is 7.66. The molecule has 82 valence electrons. The summed E-state index contributed by atoms with van der Waals surface area (Å²) in [5.74, 6) is -0.304. The Balaban J connectivity index is 2.34. The van der Waals surface area contributed by atoms with Gasteiger partial charge in [0, 0.05) is 6.20 Å². The number of pyridine rings is 1. The van der Waals surface area contributed by atoms with Crippen molar-refractivity contribution in [1.29, 1.82) is 0 Å². The Morgan fingerprint density at radius 2 is 2.06 bits per heavy atom. The van der Waals surface area contributed by atoms with Crippen LogP contribution in [0.3, 0.4) is 0 Å². The Kier molecular flexibility index (Phi) is 2.72. The maximum absolute atomic E-state index is 13.5. The van der Waals surface area contributed by atoms with E-state index in [2.05, 4.69) is 10.3 Å². The number of rotatable bonds is 2. The van der Waals surface area contributed by atoms with Gasteiger partial charge in [0.1, 0.15) is 5.82 Å². The first-order valence-electron chi connectivity index (χ1n) is 4.89. The molecule has 0 atom stereocenters. The summed E-state index contributed by atoms with van der Waals surface area (Å²) in [4.78, 5) is 3.87. The minimum Gasteiger partial charge on any atom is -0.396 e. The Morgan fingerprint density at radius 1 is 1.25 bits per heavy atom. The van der Waals surface area contributed by atoms with Gasteiger partial charge in [-0.15, -0.1) is 0 Å². The molecular weight excluding hydrogens is 205 g/mol. The van der Waals surface area contributed by atoms with E-state index in [1.165, 1.54) is 12.3 Å². The highest BCUT2D eigenvalue weighted by atomic mass is 19.1.